The highest BCUT2D eigenvalue weighted by molar-refractivity contribution is 7.94. The van der Waals surface area contributed by atoms with Crippen molar-refractivity contribution in [1.29, 1.82) is 0 Å². The van der Waals surface area contributed by atoms with Crippen LogP contribution in [0.2, 0.25) is 0 Å². The molecule has 2 aromatic heterocycles. The maximum absolute atomic E-state index is 14.6. The highest BCUT2D eigenvalue weighted by Crippen LogP contribution is 2.37. The van der Waals surface area contributed by atoms with Gasteiger partial charge in [0.15, 0.2) is 11.6 Å². The first-order valence-electron chi connectivity index (χ1n) is 9.54. The molecule has 172 valence electrons. The van der Waals surface area contributed by atoms with E-state index in [0.717, 1.165) is 17.0 Å². The molecular weight excluding hydrogens is 458 g/mol. The fraction of sp³-hybridized carbons (Fsp3) is 0.190. The van der Waals surface area contributed by atoms with E-state index in [1.165, 1.54) is 44.7 Å². The number of hydrogen-bond acceptors (Lipinski definition) is 7. The monoisotopic (exact) mass is 476 g/mol. The number of fused-ring (bicyclic) bond motifs is 1. The second-order valence-corrected chi connectivity index (χ2v) is 8.78. The van der Waals surface area contributed by atoms with E-state index in [2.05, 4.69) is 9.97 Å². The zero-order chi connectivity index (χ0) is 23.9. The Morgan fingerprint density at radius 1 is 1.06 bits per heavy atom. The molecule has 0 aliphatic carbocycles. The predicted molar refractivity (Wildman–Crippen MR) is 114 cm³/mol. The molecule has 3 aromatic rings. The third-order valence-corrected chi connectivity index (χ3v) is 6.73. The summed E-state index contributed by atoms with van der Waals surface area (Å²) in [5.41, 5.74) is 0.152. The van der Waals surface area contributed by atoms with Crippen molar-refractivity contribution in [2.24, 2.45) is 0 Å². The molecule has 0 radical (unpaired) electrons. The first-order chi connectivity index (χ1) is 15.7. The van der Waals surface area contributed by atoms with E-state index in [0.29, 0.717) is 9.87 Å². The molecule has 0 N–H and O–H groups in total. The number of carbonyl (C=O) groups excluding carboxylic acids is 1. The summed E-state index contributed by atoms with van der Waals surface area (Å²) in [5.74, 6) is -2.35. The lowest BCUT2D eigenvalue weighted by Crippen LogP contribution is -2.51. The van der Waals surface area contributed by atoms with Crippen molar-refractivity contribution in [3.8, 4) is 11.6 Å². The van der Waals surface area contributed by atoms with E-state index in [-0.39, 0.29) is 28.2 Å². The normalized spacial score (nSPS) is 14.8. The number of anilines is 2. The van der Waals surface area contributed by atoms with Crippen LogP contribution in [0.3, 0.4) is 0 Å². The highest BCUT2D eigenvalue weighted by atomic mass is 32.2. The van der Waals surface area contributed by atoms with Crippen LogP contribution in [0.1, 0.15) is 11.1 Å². The number of amides is 2. The zero-order valence-corrected chi connectivity index (χ0v) is 18.6. The Morgan fingerprint density at radius 2 is 1.76 bits per heavy atom. The van der Waals surface area contributed by atoms with Gasteiger partial charge in [-0.25, -0.2) is 27.0 Å². The third kappa shape index (κ3) is 3.71. The predicted octanol–water partition coefficient (Wildman–Crippen LogP) is 3.42. The summed E-state index contributed by atoms with van der Waals surface area (Å²) >= 11 is 0. The van der Waals surface area contributed by atoms with Gasteiger partial charge in [-0.15, -0.1) is 0 Å². The molecule has 33 heavy (non-hydrogen) atoms. The number of nitrogens with zero attached hydrogens (tertiary/aromatic N) is 4. The van der Waals surface area contributed by atoms with E-state index in [1.807, 2.05) is 0 Å². The molecule has 3 heterocycles. The van der Waals surface area contributed by atoms with Crippen molar-refractivity contribution in [2.45, 2.75) is 18.4 Å². The van der Waals surface area contributed by atoms with E-state index in [1.54, 1.807) is 6.92 Å². The molecule has 0 unspecified atom stereocenters. The maximum Gasteiger partial charge on any atom is 0.346 e. The molecule has 12 heteroatoms. The first kappa shape index (κ1) is 22.4. The molecule has 9 nitrogen and oxygen atoms in total. The molecule has 1 aromatic carbocycles. The number of carbonyl (C=O) groups is 1. The summed E-state index contributed by atoms with van der Waals surface area (Å²) in [4.78, 5) is 22.1. The summed E-state index contributed by atoms with van der Waals surface area (Å²) in [6.07, 6.45) is 1.28. The van der Waals surface area contributed by atoms with Gasteiger partial charge < -0.3 is 9.47 Å². The lowest BCUT2D eigenvalue weighted by atomic mass is 10.1. The molecule has 2 amide bonds. The van der Waals surface area contributed by atoms with Crippen molar-refractivity contribution in [1.82, 2.24) is 9.97 Å². The number of benzene rings is 1. The van der Waals surface area contributed by atoms with Crippen LogP contribution in [0.15, 0.2) is 47.5 Å². The van der Waals surface area contributed by atoms with Crippen molar-refractivity contribution in [2.75, 3.05) is 23.4 Å². The Balaban J connectivity index is 1.88. The number of halogens is 2. The number of rotatable bonds is 5. The van der Waals surface area contributed by atoms with Crippen LogP contribution >= 0.6 is 0 Å². The minimum absolute atomic E-state index is 0.0441. The summed E-state index contributed by atoms with van der Waals surface area (Å²) in [6.45, 7) is 1.07. The van der Waals surface area contributed by atoms with Gasteiger partial charge in [-0.1, -0.05) is 6.07 Å². The average molecular weight is 476 g/mol. The second-order valence-electron chi connectivity index (χ2n) is 7.03. The van der Waals surface area contributed by atoms with Gasteiger partial charge in [0.05, 0.1) is 20.8 Å². The standard InChI is InChI=1S/C21H18F2N4O5S/c1-12-6-7-18(25-20(12)32-3)27-21(28)26(19-17(33(27,29)30)5-4-8-24-19)11-14-15(22)9-13(31-2)10-16(14)23/h4-10H,11H2,1-3H3. The van der Waals surface area contributed by atoms with E-state index < -0.39 is 39.8 Å². The maximum atomic E-state index is 14.6. The fourth-order valence-corrected chi connectivity index (χ4v) is 4.87. The number of hydrogen-bond donors (Lipinski definition) is 0. The van der Waals surface area contributed by atoms with Crippen molar-refractivity contribution < 1.29 is 31.5 Å². The molecule has 0 saturated carbocycles. The lowest BCUT2D eigenvalue weighted by molar-refractivity contribution is 0.253. The number of aryl methyl sites for hydroxylation is 1. The van der Waals surface area contributed by atoms with E-state index in [9.17, 15) is 22.0 Å². The van der Waals surface area contributed by atoms with Gasteiger partial charge in [-0.05, 0) is 25.1 Å². The highest BCUT2D eigenvalue weighted by Gasteiger charge is 2.44. The lowest BCUT2D eigenvalue weighted by Gasteiger charge is -2.34. The van der Waals surface area contributed by atoms with Crippen LogP contribution in [-0.2, 0) is 16.6 Å². The number of sulfonamides is 1. The molecule has 0 bridgehead atoms. The van der Waals surface area contributed by atoms with Crippen molar-refractivity contribution in [3.05, 3.63) is 65.4 Å². The third-order valence-electron chi connectivity index (χ3n) is 5.03. The molecule has 0 atom stereocenters. The number of pyridine rings is 2. The van der Waals surface area contributed by atoms with Crippen LogP contribution in [0, 0.1) is 18.6 Å². The number of urea groups is 1. The van der Waals surface area contributed by atoms with Gasteiger partial charge in [-0.3, -0.25) is 4.90 Å². The Hall–Kier alpha value is -3.80. The number of ether oxygens (including phenoxy) is 2. The molecule has 0 spiro atoms. The largest absolute Gasteiger partial charge is 0.497 e. The Kier molecular flexibility index (Phi) is 5.62. The van der Waals surface area contributed by atoms with Gasteiger partial charge in [0.2, 0.25) is 5.88 Å². The second kappa shape index (κ2) is 8.28. The summed E-state index contributed by atoms with van der Waals surface area (Å²) in [7, 11) is -1.81. The van der Waals surface area contributed by atoms with Crippen molar-refractivity contribution in [3.63, 3.8) is 0 Å². The van der Waals surface area contributed by atoms with E-state index in [4.69, 9.17) is 9.47 Å². The molecule has 0 saturated heterocycles. The number of methoxy groups -OCH3 is 2. The van der Waals surface area contributed by atoms with Crippen LogP contribution in [0.4, 0.5) is 25.2 Å². The van der Waals surface area contributed by atoms with Gasteiger partial charge in [-0.2, -0.15) is 9.29 Å². The summed E-state index contributed by atoms with van der Waals surface area (Å²) in [5, 5.41) is 0. The topological polar surface area (TPSA) is 102 Å². The smallest absolute Gasteiger partial charge is 0.346 e. The van der Waals surface area contributed by atoms with Gasteiger partial charge in [0.1, 0.15) is 22.3 Å². The molecule has 0 fully saturated rings. The zero-order valence-electron chi connectivity index (χ0n) is 17.7. The van der Waals surface area contributed by atoms with Crippen LogP contribution in [0.25, 0.3) is 0 Å². The van der Waals surface area contributed by atoms with Gasteiger partial charge in [0.25, 0.3) is 10.0 Å². The molecule has 4 rings (SSSR count). The minimum Gasteiger partial charge on any atom is -0.497 e. The fourth-order valence-electron chi connectivity index (χ4n) is 3.38. The SMILES string of the molecule is COc1cc(F)c(CN2C(=O)N(c3ccc(C)c(OC)n3)S(=O)(=O)c3cccnc32)c(F)c1. The van der Waals surface area contributed by atoms with Crippen molar-refractivity contribution >= 4 is 27.7 Å². The van der Waals surface area contributed by atoms with Crippen LogP contribution in [-0.4, -0.2) is 38.6 Å². The Morgan fingerprint density at radius 3 is 2.39 bits per heavy atom. The number of aromatic nitrogens is 2. The first-order valence-corrected chi connectivity index (χ1v) is 11.0. The summed E-state index contributed by atoms with van der Waals surface area (Å²) in [6, 6.07) is 6.32. The quantitative estimate of drug-likeness (QED) is 0.556. The van der Waals surface area contributed by atoms with Gasteiger partial charge in [0, 0.05) is 29.5 Å². The Bertz CT molecular complexity index is 1340. The summed E-state index contributed by atoms with van der Waals surface area (Å²) < 4.78 is 66.3. The van der Waals surface area contributed by atoms with Gasteiger partial charge >= 0.3 is 6.03 Å². The average Bonchev–Trinajstić information content (AvgIpc) is 2.79. The Labute approximate surface area is 188 Å². The minimum atomic E-state index is -4.42. The van der Waals surface area contributed by atoms with Crippen LogP contribution in [0.5, 0.6) is 11.6 Å². The molecule has 1 aliphatic rings. The molecule has 1 aliphatic heterocycles. The van der Waals surface area contributed by atoms with Crippen LogP contribution < -0.4 is 18.7 Å². The molecular formula is C21H18F2N4O5S. The van der Waals surface area contributed by atoms with E-state index >= 15 is 0 Å².